The van der Waals surface area contributed by atoms with E-state index in [9.17, 15) is 14.3 Å². The Kier molecular flexibility index (Phi) is 7.61. The Labute approximate surface area is 159 Å². The van der Waals surface area contributed by atoms with E-state index in [0.29, 0.717) is 36.3 Å². The fourth-order valence-corrected chi connectivity index (χ4v) is 2.81. The minimum Gasteiger partial charge on any atom is -0.493 e. The lowest BCUT2D eigenvalue weighted by molar-refractivity contribution is -0.131. The predicted octanol–water partition coefficient (Wildman–Crippen LogP) is 3.36. The Bertz CT molecular complexity index is 748. The fraction of sp³-hybridized carbons (Fsp3) is 0.381. The number of carbonyl (C=O) groups is 1. The van der Waals surface area contributed by atoms with Crippen LogP contribution in [-0.4, -0.2) is 43.7 Å². The smallest absolute Gasteiger partial charge is 0.222 e. The van der Waals surface area contributed by atoms with Crippen molar-refractivity contribution in [1.29, 1.82) is 0 Å². The molecule has 2 aromatic carbocycles. The number of hydrogen-bond donors (Lipinski definition) is 1. The van der Waals surface area contributed by atoms with E-state index in [2.05, 4.69) is 0 Å². The van der Waals surface area contributed by atoms with Gasteiger partial charge in [-0.1, -0.05) is 18.2 Å². The van der Waals surface area contributed by atoms with Crippen molar-refractivity contribution in [3.05, 3.63) is 59.4 Å². The number of ether oxygens (including phenoxy) is 2. The number of rotatable bonds is 9. The highest BCUT2D eigenvalue weighted by Crippen LogP contribution is 2.30. The summed E-state index contributed by atoms with van der Waals surface area (Å²) in [6.45, 7) is 0.185. The summed E-state index contributed by atoms with van der Waals surface area (Å²) in [5.74, 6) is 0.802. The zero-order valence-electron chi connectivity index (χ0n) is 15.9. The van der Waals surface area contributed by atoms with Crippen molar-refractivity contribution >= 4 is 5.91 Å². The summed E-state index contributed by atoms with van der Waals surface area (Å²) in [7, 11) is 4.75. The van der Waals surface area contributed by atoms with Gasteiger partial charge in [-0.05, 0) is 48.2 Å². The average molecular weight is 375 g/mol. The van der Waals surface area contributed by atoms with Gasteiger partial charge >= 0.3 is 0 Å². The standard InChI is InChI=1S/C21H26FNO4/c1-23(21(25)6-4-5-15-7-10-17(22)11-8-15)14-18(24)16-9-12-19(26-2)20(13-16)27-3/h7-13,18,24H,4-6,14H2,1-3H3. The molecule has 146 valence electrons. The van der Waals surface area contributed by atoms with E-state index in [1.54, 1.807) is 44.5 Å². The highest BCUT2D eigenvalue weighted by Gasteiger charge is 2.17. The quantitative estimate of drug-likeness (QED) is 0.730. The van der Waals surface area contributed by atoms with Crippen LogP contribution in [0.15, 0.2) is 42.5 Å². The largest absolute Gasteiger partial charge is 0.493 e. The van der Waals surface area contributed by atoms with E-state index in [1.165, 1.54) is 24.1 Å². The summed E-state index contributed by atoms with van der Waals surface area (Å²) in [4.78, 5) is 13.8. The molecule has 0 saturated carbocycles. The number of likely N-dealkylation sites (N-methyl/N-ethyl adjacent to an activating group) is 1. The van der Waals surface area contributed by atoms with Crippen LogP contribution in [0.3, 0.4) is 0 Å². The average Bonchev–Trinajstić information content (AvgIpc) is 2.68. The first-order valence-electron chi connectivity index (χ1n) is 8.83. The highest BCUT2D eigenvalue weighted by atomic mass is 19.1. The van der Waals surface area contributed by atoms with Crippen molar-refractivity contribution in [2.24, 2.45) is 0 Å². The summed E-state index contributed by atoms with van der Waals surface area (Å²) < 4.78 is 23.3. The maximum absolute atomic E-state index is 12.9. The highest BCUT2D eigenvalue weighted by molar-refractivity contribution is 5.75. The molecule has 0 fully saturated rings. The molecule has 2 aromatic rings. The molecular weight excluding hydrogens is 349 g/mol. The summed E-state index contributed by atoms with van der Waals surface area (Å²) >= 11 is 0. The Morgan fingerprint density at radius 3 is 2.41 bits per heavy atom. The van der Waals surface area contributed by atoms with Crippen molar-refractivity contribution < 1.29 is 23.8 Å². The zero-order chi connectivity index (χ0) is 19.8. The van der Waals surface area contributed by atoms with Crippen LogP contribution in [0.5, 0.6) is 11.5 Å². The van der Waals surface area contributed by atoms with E-state index in [4.69, 9.17) is 9.47 Å². The third kappa shape index (κ3) is 5.96. The molecule has 0 radical (unpaired) electrons. The first-order chi connectivity index (χ1) is 12.9. The second-order valence-electron chi connectivity index (χ2n) is 6.38. The normalized spacial score (nSPS) is 11.7. The van der Waals surface area contributed by atoms with Crippen LogP contribution in [0, 0.1) is 5.82 Å². The van der Waals surface area contributed by atoms with Crippen LogP contribution < -0.4 is 9.47 Å². The summed E-state index contributed by atoms with van der Waals surface area (Å²) in [5, 5.41) is 10.4. The van der Waals surface area contributed by atoms with Gasteiger partial charge in [0, 0.05) is 13.5 Å². The van der Waals surface area contributed by atoms with Gasteiger partial charge in [0.1, 0.15) is 5.82 Å². The van der Waals surface area contributed by atoms with Gasteiger partial charge < -0.3 is 19.5 Å². The van der Waals surface area contributed by atoms with Crippen molar-refractivity contribution in [2.75, 3.05) is 27.8 Å². The van der Waals surface area contributed by atoms with Gasteiger partial charge in [-0.15, -0.1) is 0 Å². The van der Waals surface area contributed by atoms with Crippen molar-refractivity contribution in [3.8, 4) is 11.5 Å². The van der Waals surface area contributed by atoms with Crippen LogP contribution in [0.4, 0.5) is 4.39 Å². The van der Waals surface area contributed by atoms with Gasteiger partial charge in [0.05, 0.1) is 26.9 Å². The third-order valence-electron chi connectivity index (χ3n) is 4.43. The van der Waals surface area contributed by atoms with Crippen molar-refractivity contribution in [2.45, 2.75) is 25.4 Å². The number of aryl methyl sites for hydroxylation is 1. The molecule has 2 rings (SSSR count). The predicted molar refractivity (Wildman–Crippen MR) is 101 cm³/mol. The molecule has 0 aliphatic heterocycles. The number of aliphatic hydroxyl groups excluding tert-OH is 1. The first-order valence-corrected chi connectivity index (χ1v) is 8.83. The molecule has 0 heterocycles. The molecular formula is C21H26FNO4. The first kappa shape index (κ1) is 20.7. The molecule has 0 saturated heterocycles. The minimum absolute atomic E-state index is 0.0448. The van der Waals surface area contributed by atoms with E-state index >= 15 is 0 Å². The van der Waals surface area contributed by atoms with E-state index < -0.39 is 6.10 Å². The number of hydrogen-bond acceptors (Lipinski definition) is 4. The molecule has 1 N–H and O–H groups in total. The van der Waals surface area contributed by atoms with Crippen LogP contribution >= 0.6 is 0 Å². The lowest BCUT2D eigenvalue weighted by atomic mass is 10.1. The summed E-state index contributed by atoms with van der Waals surface area (Å²) in [5.41, 5.74) is 1.65. The maximum atomic E-state index is 12.9. The number of methoxy groups -OCH3 is 2. The second kappa shape index (κ2) is 9.92. The van der Waals surface area contributed by atoms with Gasteiger partial charge in [-0.25, -0.2) is 4.39 Å². The molecule has 6 heteroatoms. The maximum Gasteiger partial charge on any atom is 0.222 e. The third-order valence-corrected chi connectivity index (χ3v) is 4.43. The molecule has 0 aliphatic carbocycles. The summed E-state index contributed by atoms with van der Waals surface area (Å²) in [6, 6.07) is 11.5. The van der Waals surface area contributed by atoms with Gasteiger partial charge in [-0.3, -0.25) is 4.79 Å². The molecule has 27 heavy (non-hydrogen) atoms. The Balaban J connectivity index is 1.85. The van der Waals surface area contributed by atoms with Crippen LogP contribution in [0.2, 0.25) is 0 Å². The van der Waals surface area contributed by atoms with Gasteiger partial charge in [0.15, 0.2) is 11.5 Å². The van der Waals surface area contributed by atoms with Crippen LogP contribution in [0.25, 0.3) is 0 Å². The number of amides is 1. The Morgan fingerprint density at radius 2 is 1.78 bits per heavy atom. The lowest BCUT2D eigenvalue weighted by Gasteiger charge is -2.22. The number of aliphatic hydroxyl groups is 1. The zero-order valence-corrected chi connectivity index (χ0v) is 15.9. The minimum atomic E-state index is -0.823. The monoisotopic (exact) mass is 375 g/mol. The molecule has 0 aliphatic rings. The van der Waals surface area contributed by atoms with Crippen molar-refractivity contribution in [1.82, 2.24) is 4.90 Å². The van der Waals surface area contributed by atoms with Crippen molar-refractivity contribution in [3.63, 3.8) is 0 Å². The number of halogens is 1. The molecule has 0 aromatic heterocycles. The molecule has 0 bridgehead atoms. The topological polar surface area (TPSA) is 59.0 Å². The molecule has 0 spiro atoms. The summed E-state index contributed by atoms with van der Waals surface area (Å²) in [6.07, 6.45) is 0.919. The Morgan fingerprint density at radius 1 is 1.11 bits per heavy atom. The second-order valence-corrected chi connectivity index (χ2v) is 6.38. The molecule has 1 atom stereocenters. The number of benzene rings is 2. The number of carbonyl (C=O) groups excluding carboxylic acids is 1. The Hall–Kier alpha value is -2.60. The van der Waals surface area contributed by atoms with Gasteiger partial charge in [-0.2, -0.15) is 0 Å². The molecule has 1 amide bonds. The lowest BCUT2D eigenvalue weighted by Crippen LogP contribution is -2.31. The van der Waals surface area contributed by atoms with Crippen LogP contribution in [-0.2, 0) is 11.2 Å². The van der Waals surface area contributed by atoms with Crippen LogP contribution in [0.1, 0.15) is 30.1 Å². The van der Waals surface area contributed by atoms with E-state index in [1.807, 2.05) is 0 Å². The van der Waals surface area contributed by atoms with Gasteiger partial charge in [0.25, 0.3) is 0 Å². The number of nitrogens with zero attached hydrogens (tertiary/aromatic N) is 1. The van der Waals surface area contributed by atoms with E-state index in [0.717, 1.165) is 5.56 Å². The fourth-order valence-electron chi connectivity index (χ4n) is 2.81. The molecule has 1 unspecified atom stereocenters. The SMILES string of the molecule is COc1ccc(C(O)CN(C)C(=O)CCCc2ccc(F)cc2)cc1OC. The van der Waals surface area contributed by atoms with E-state index in [-0.39, 0.29) is 18.3 Å². The molecule has 5 nitrogen and oxygen atoms in total. The van der Waals surface area contributed by atoms with Gasteiger partial charge in [0.2, 0.25) is 5.91 Å².